The maximum absolute atomic E-state index is 5.17. The summed E-state index contributed by atoms with van der Waals surface area (Å²) in [6.07, 6.45) is 12.1. The van der Waals surface area contributed by atoms with Gasteiger partial charge < -0.3 is 5.32 Å². The van der Waals surface area contributed by atoms with E-state index in [4.69, 9.17) is 6.42 Å². The number of rotatable bonds is 6. The fourth-order valence-corrected chi connectivity index (χ4v) is 1.42. The average molecular weight is 202 g/mol. The molecule has 0 atom stereocenters. The van der Waals surface area contributed by atoms with Gasteiger partial charge in [0.15, 0.2) is 0 Å². The third kappa shape index (κ3) is 5.19. The van der Waals surface area contributed by atoms with Crippen molar-refractivity contribution in [1.82, 2.24) is 10.3 Å². The van der Waals surface area contributed by atoms with Crippen molar-refractivity contribution in [3.8, 4) is 12.3 Å². The highest BCUT2D eigenvalue weighted by Crippen LogP contribution is 2.00. The molecule has 1 rings (SSSR count). The minimum atomic E-state index is 0.883. The van der Waals surface area contributed by atoms with Gasteiger partial charge in [-0.25, -0.2) is 0 Å². The van der Waals surface area contributed by atoms with Crippen molar-refractivity contribution in [3.63, 3.8) is 0 Å². The molecule has 15 heavy (non-hydrogen) atoms. The Morgan fingerprint density at radius 2 is 2.27 bits per heavy atom. The number of nitrogens with one attached hydrogen (secondary N) is 1. The van der Waals surface area contributed by atoms with E-state index >= 15 is 0 Å². The van der Waals surface area contributed by atoms with Crippen LogP contribution in [0.3, 0.4) is 0 Å². The number of hydrogen-bond donors (Lipinski definition) is 1. The van der Waals surface area contributed by atoms with E-state index in [1.54, 1.807) is 0 Å². The summed E-state index contributed by atoms with van der Waals surface area (Å²) >= 11 is 0. The van der Waals surface area contributed by atoms with Crippen molar-refractivity contribution in [2.24, 2.45) is 0 Å². The number of aromatic nitrogens is 1. The van der Waals surface area contributed by atoms with E-state index in [9.17, 15) is 0 Å². The molecule has 80 valence electrons. The summed E-state index contributed by atoms with van der Waals surface area (Å²) in [6.45, 7) is 3.98. The summed E-state index contributed by atoms with van der Waals surface area (Å²) < 4.78 is 0. The van der Waals surface area contributed by atoms with Crippen molar-refractivity contribution >= 4 is 0 Å². The van der Waals surface area contributed by atoms with Crippen LogP contribution in [0.15, 0.2) is 18.5 Å². The Kier molecular flexibility index (Phi) is 5.50. The normalized spacial score (nSPS) is 9.87. The molecule has 2 heteroatoms. The third-order valence-electron chi connectivity index (χ3n) is 2.19. The van der Waals surface area contributed by atoms with Crippen molar-refractivity contribution in [2.75, 3.05) is 6.54 Å². The van der Waals surface area contributed by atoms with Gasteiger partial charge in [-0.15, -0.1) is 12.3 Å². The Labute approximate surface area is 92.1 Å². The quantitative estimate of drug-likeness (QED) is 0.565. The average Bonchev–Trinajstić information content (AvgIpc) is 2.23. The van der Waals surface area contributed by atoms with Gasteiger partial charge in [0.2, 0.25) is 0 Å². The van der Waals surface area contributed by atoms with Gasteiger partial charge in [0.25, 0.3) is 0 Å². The third-order valence-corrected chi connectivity index (χ3v) is 2.19. The summed E-state index contributed by atoms with van der Waals surface area (Å²) in [5.74, 6) is 2.65. The van der Waals surface area contributed by atoms with E-state index in [0.29, 0.717) is 0 Å². The lowest BCUT2D eigenvalue weighted by molar-refractivity contribution is 0.628. The van der Waals surface area contributed by atoms with Crippen LogP contribution in [0.1, 0.15) is 30.4 Å². The number of terminal acetylenes is 1. The van der Waals surface area contributed by atoms with Crippen LogP contribution in [-0.4, -0.2) is 11.5 Å². The van der Waals surface area contributed by atoms with Gasteiger partial charge in [-0.3, -0.25) is 4.98 Å². The maximum Gasteiger partial charge on any atom is 0.0313 e. The topological polar surface area (TPSA) is 24.9 Å². The first-order valence-corrected chi connectivity index (χ1v) is 5.37. The molecule has 0 unspecified atom stereocenters. The van der Waals surface area contributed by atoms with Crippen molar-refractivity contribution in [3.05, 3.63) is 29.6 Å². The van der Waals surface area contributed by atoms with Crippen LogP contribution in [0, 0.1) is 19.3 Å². The standard InChI is InChI=1S/C13H18N2/c1-3-4-5-6-7-14-10-13-8-12(2)9-15-11-13/h1,8-9,11,14H,4-7,10H2,2H3. The number of aryl methyl sites for hydroxylation is 1. The zero-order valence-electron chi connectivity index (χ0n) is 9.29. The molecule has 0 saturated heterocycles. The predicted molar refractivity (Wildman–Crippen MR) is 63.4 cm³/mol. The first-order chi connectivity index (χ1) is 7.33. The summed E-state index contributed by atoms with van der Waals surface area (Å²) in [4.78, 5) is 4.15. The Morgan fingerprint density at radius 3 is 3.00 bits per heavy atom. The fraction of sp³-hybridized carbons (Fsp3) is 0.462. The van der Waals surface area contributed by atoms with Crippen molar-refractivity contribution in [2.45, 2.75) is 32.7 Å². The van der Waals surface area contributed by atoms with Crippen molar-refractivity contribution in [1.29, 1.82) is 0 Å². The molecule has 0 aliphatic heterocycles. The summed E-state index contributed by atoms with van der Waals surface area (Å²) in [5.41, 5.74) is 2.45. The molecule has 0 aromatic carbocycles. The Balaban J connectivity index is 2.13. The molecule has 1 aromatic heterocycles. The van der Waals surface area contributed by atoms with E-state index in [1.807, 2.05) is 12.4 Å². The monoisotopic (exact) mass is 202 g/mol. The molecular weight excluding hydrogens is 184 g/mol. The Hall–Kier alpha value is -1.33. The van der Waals surface area contributed by atoms with Gasteiger partial charge in [-0.2, -0.15) is 0 Å². The highest BCUT2D eigenvalue weighted by molar-refractivity contribution is 5.16. The minimum Gasteiger partial charge on any atom is -0.313 e. The fourth-order valence-electron chi connectivity index (χ4n) is 1.42. The largest absolute Gasteiger partial charge is 0.313 e. The van der Waals surface area contributed by atoms with Crippen LogP contribution in [0.2, 0.25) is 0 Å². The molecule has 0 spiro atoms. The van der Waals surface area contributed by atoms with Crippen LogP contribution in [-0.2, 0) is 6.54 Å². The van der Waals surface area contributed by atoms with Gasteiger partial charge in [-0.1, -0.05) is 6.07 Å². The summed E-state index contributed by atoms with van der Waals surface area (Å²) in [6, 6.07) is 2.15. The Morgan fingerprint density at radius 1 is 1.40 bits per heavy atom. The van der Waals surface area contributed by atoms with E-state index < -0.39 is 0 Å². The summed E-state index contributed by atoms with van der Waals surface area (Å²) in [5, 5.41) is 3.38. The van der Waals surface area contributed by atoms with Gasteiger partial charge in [-0.05, 0) is 37.4 Å². The molecule has 0 amide bonds. The number of pyridine rings is 1. The highest BCUT2D eigenvalue weighted by atomic mass is 14.8. The maximum atomic E-state index is 5.17. The van der Waals surface area contributed by atoms with Gasteiger partial charge in [0.05, 0.1) is 0 Å². The number of nitrogens with zero attached hydrogens (tertiary/aromatic N) is 1. The lowest BCUT2D eigenvalue weighted by Gasteiger charge is -2.04. The van der Waals surface area contributed by atoms with Crippen LogP contribution in [0.4, 0.5) is 0 Å². The molecule has 1 aromatic rings. The minimum absolute atomic E-state index is 0.883. The molecule has 0 aliphatic rings. The molecule has 2 nitrogen and oxygen atoms in total. The van der Waals surface area contributed by atoms with E-state index in [1.165, 1.54) is 11.1 Å². The summed E-state index contributed by atoms with van der Waals surface area (Å²) in [7, 11) is 0. The Bertz CT molecular complexity index is 326. The smallest absolute Gasteiger partial charge is 0.0313 e. The zero-order chi connectivity index (χ0) is 10.9. The molecule has 0 aliphatic carbocycles. The predicted octanol–water partition coefficient (Wildman–Crippen LogP) is 2.28. The lowest BCUT2D eigenvalue weighted by atomic mass is 10.2. The second-order valence-corrected chi connectivity index (χ2v) is 3.71. The van der Waals surface area contributed by atoms with Crippen LogP contribution < -0.4 is 5.32 Å². The van der Waals surface area contributed by atoms with Gasteiger partial charge in [0.1, 0.15) is 0 Å². The van der Waals surface area contributed by atoms with E-state index in [0.717, 1.165) is 32.4 Å². The molecule has 1 N–H and O–H groups in total. The van der Waals surface area contributed by atoms with Crippen LogP contribution in [0.25, 0.3) is 0 Å². The molecule has 0 fully saturated rings. The highest BCUT2D eigenvalue weighted by Gasteiger charge is 1.93. The first kappa shape index (κ1) is 11.7. The van der Waals surface area contributed by atoms with E-state index in [2.05, 4.69) is 29.2 Å². The van der Waals surface area contributed by atoms with Gasteiger partial charge in [0, 0.05) is 25.4 Å². The molecule has 0 saturated carbocycles. The molecule has 0 radical (unpaired) electrons. The van der Waals surface area contributed by atoms with Crippen LogP contribution >= 0.6 is 0 Å². The van der Waals surface area contributed by atoms with Gasteiger partial charge >= 0.3 is 0 Å². The first-order valence-electron chi connectivity index (χ1n) is 5.37. The number of hydrogen-bond acceptors (Lipinski definition) is 2. The molecule has 0 bridgehead atoms. The second-order valence-electron chi connectivity index (χ2n) is 3.71. The SMILES string of the molecule is C#CCCCCNCc1cncc(C)c1. The number of unbranched alkanes of at least 4 members (excludes halogenated alkanes) is 2. The van der Waals surface area contributed by atoms with E-state index in [-0.39, 0.29) is 0 Å². The zero-order valence-corrected chi connectivity index (χ0v) is 9.29. The second kappa shape index (κ2) is 7.03. The van der Waals surface area contributed by atoms with Crippen molar-refractivity contribution < 1.29 is 0 Å². The molecule has 1 heterocycles. The lowest BCUT2D eigenvalue weighted by Crippen LogP contribution is -2.14. The molecular formula is C13H18N2. The van der Waals surface area contributed by atoms with Crippen LogP contribution in [0.5, 0.6) is 0 Å².